The average molecular weight is 361 g/mol. The summed E-state index contributed by atoms with van der Waals surface area (Å²) in [5.41, 5.74) is 2.84. The minimum atomic E-state index is -0.351. The monoisotopic (exact) mass is 361 g/mol. The van der Waals surface area contributed by atoms with Gasteiger partial charge in [-0.3, -0.25) is 4.79 Å². The number of benzene rings is 1. The Kier molecular flexibility index (Phi) is 10.9. The van der Waals surface area contributed by atoms with Crippen LogP contribution in [0.5, 0.6) is 0 Å². The molecule has 0 aromatic heterocycles. The second kappa shape index (κ2) is 13.0. The summed E-state index contributed by atoms with van der Waals surface area (Å²) in [5.74, 6) is -0.561. The zero-order chi connectivity index (χ0) is 19.2. The predicted molar refractivity (Wildman–Crippen MR) is 104 cm³/mol. The SMILES string of the molecule is CCCCCCCC(=CC(=O)OC)Nc1ccc(CCC(=O)OC)cc1. The Morgan fingerprint density at radius 3 is 2.27 bits per heavy atom. The maximum Gasteiger partial charge on any atom is 0.332 e. The van der Waals surface area contributed by atoms with Crippen molar-refractivity contribution < 1.29 is 19.1 Å². The third kappa shape index (κ3) is 9.25. The van der Waals surface area contributed by atoms with Crippen molar-refractivity contribution in [2.75, 3.05) is 19.5 Å². The topological polar surface area (TPSA) is 64.6 Å². The molecule has 0 bridgehead atoms. The standard InChI is InChI=1S/C21H31NO4/c1-4-5-6-7-8-9-19(16-21(24)26-3)22-18-13-10-17(11-14-18)12-15-20(23)25-2/h10-11,13-14,16,22H,4-9,12,15H2,1-3H3. The van der Waals surface area contributed by atoms with Gasteiger partial charge in [-0.25, -0.2) is 4.79 Å². The molecule has 26 heavy (non-hydrogen) atoms. The van der Waals surface area contributed by atoms with Gasteiger partial charge >= 0.3 is 11.9 Å². The number of hydrogen-bond donors (Lipinski definition) is 1. The minimum absolute atomic E-state index is 0.210. The van der Waals surface area contributed by atoms with Crippen LogP contribution in [0, 0.1) is 0 Å². The third-order valence-electron chi connectivity index (χ3n) is 4.15. The molecule has 0 fully saturated rings. The van der Waals surface area contributed by atoms with Crippen molar-refractivity contribution in [1.29, 1.82) is 0 Å². The van der Waals surface area contributed by atoms with Crippen LogP contribution in [0.25, 0.3) is 0 Å². The lowest BCUT2D eigenvalue weighted by atomic mass is 10.1. The minimum Gasteiger partial charge on any atom is -0.469 e. The number of carbonyl (C=O) groups is 2. The molecule has 0 saturated carbocycles. The Morgan fingerprint density at radius 1 is 0.962 bits per heavy atom. The molecule has 0 unspecified atom stereocenters. The Morgan fingerprint density at radius 2 is 1.65 bits per heavy atom. The summed E-state index contributed by atoms with van der Waals surface area (Å²) < 4.78 is 9.40. The van der Waals surface area contributed by atoms with E-state index in [0.29, 0.717) is 12.8 Å². The van der Waals surface area contributed by atoms with Gasteiger partial charge in [-0.2, -0.15) is 0 Å². The van der Waals surface area contributed by atoms with E-state index in [1.165, 1.54) is 39.6 Å². The summed E-state index contributed by atoms with van der Waals surface area (Å²) in [6.07, 6.45) is 9.21. The van der Waals surface area contributed by atoms with Crippen molar-refractivity contribution in [3.8, 4) is 0 Å². The maximum atomic E-state index is 11.6. The van der Waals surface area contributed by atoms with Gasteiger partial charge in [0.05, 0.1) is 14.2 Å². The molecular formula is C21H31NO4. The number of hydrogen-bond acceptors (Lipinski definition) is 5. The summed E-state index contributed by atoms with van der Waals surface area (Å²) >= 11 is 0. The van der Waals surface area contributed by atoms with E-state index in [1.807, 2.05) is 24.3 Å². The largest absolute Gasteiger partial charge is 0.469 e. The highest BCUT2D eigenvalue weighted by atomic mass is 16.5. The van der Waals surface area contributed by atoms with Crippen molar-refractivity contribution in [3.05, 3.63) is 41.6 Å². The van der Waals surface area contributed by atoms with Crippen LogP contribution in [-0.4, -0.2) is 26.2 Å². The Bertz CT molecular complexity index is 578. The molecule has 1 aromatic rings. The molecule has 0 spiro atoms. The number of carbonyl (C=O) groups excluding carboxylic acids is 2. The molecule has 1 rings (SSSR count). The molecule has 0 heterocycles. The van der Waals surface area contributed by atoms with Crippen molar-refractivity contribution in [1.82, 2.24) is 0 Å². The molecule has 1 aromatic carbocycles. The summed E-state index contributed by atoms with van der Waals surface area (Å²) in [6, 6.07) is 7.86. The first kappa shape index (κ1) is 21.7. The Labute approximate surface area is 156 Å². The summed E-state index contributed by atoms with van der Waals surface area (Å²) in [5, 5.41) is 3.31. The van der Waals surface area contributed by atoms with E-state index < -0.39 is 0 Å². The van der Waals surface area contributed by atoms with Gasteiger partial charge in [0.25, 0.3) is 0 Å². The smallest absolute Gasteiger partial charge is 0.332 e. The highest BCUT2D eigenvalue weighted by molar-refractivity contribution is 5.83. The number of allylic oxidation sites excluding steroid dienone is 1. The molecule has 1 N–H and O–H groups in total. The zero-order valence-corrected chi connectivity index (χ0v) is 16.2. The fourth-order valence-electron chi connectivity index (χ4n) is 2.58. The number of rotatable bonds is 12. The van der Waals surface area contributed by atoms with E-state index in [2.05, 4.69) is 17.0 Å². The van der Waals surface area contributed by atoms with E-state index in [-0.39, 0.29) is 11.9 Å². The molecule has 0 amide bonds. The first-order valence-electron chi connectivity index (χ1n) is 9.30. The van der Waals surface area contributed by atoms with Gasteiger partial charge in [0, 0.05) is 23.9 Å². The van der Waals surface area contributed by atoms with Gasteiger partial charge in [0.2, 0.25) is 0 Å². The number of anilines is 1. The Balaban J connectivity index is 2.61. The highest BCUT2D eigenvalue weighted by Crippen LogP contribution is 2.17. The number of methoxy groups -OCH3 is 2. The second-order valence-corrected chi connectivity index (χ2v) is 6.26. The van der Waals surface area contributed by atoms with Crippen LogP contribution in [0.2, 0.25) is 0 Å². The molecule has 144 valence electrons. The molecule has 0 aliphatic heterocycles. The highest BCUT2D eigenvalue weighted by Gasteiger charge is 2.05. The lowest BCUT2D eigenvalue weighted by Crippen LogP contribution is -2.05. The van der Waals surface area contributed by atoms with Gasteiger partial charge in [-0.05, 0) is 37.0 Å². The number of unbranched alkanes of at least 4 members (excludes halogenated alkanes) is 4. The van der Waals surface area contributed by atoms with Crippen LogP contribution >= 0.6 is 0 Å². The van der Waals surface area contributed by atoms with Crippen molar-refractivity contribution in [2.24, 2.45) is 0 Å². The summed E-state index contributed by atoms with van der Waals surface area (Å²) in [4.78, 5) is 22.8. The van der Waals surface area contributed by atoms with Gasteiger partial charge < -0.3 is 14.8 Å². The quantitative estimate of drug-likeness (QED) is 0.334. The number of esters is 2. The normalized spacial score (nSPS) is 11.1. The van der Waals surface area contributed by atoms with Gasteiger partial charge in [-0.15, -0.1) is 0 Å². The molecule has 5 heteroatoms. The second-order valence-electron chi connectivity index (χ2n) is 6.26. The van der Waals surface area contributed by atoms with Crippen LogP contribution in [0.15, 0.2) is 36.0 Å². The molecular weight excluding hydrogens is 330 g/mol. The van der Waals surface area contributed by atoms with Crippen molar-refractivity contribution in [3.63, 3.8) is 0 Å². The molecule has 0 radical (unpaired) electrons. The van der Waals surface area contributed by atoms with Crippen molar-refractivity contribution in [2.45, 2.75) is 58.3 Å². The average Bonchev–Trinajstić information content (AvgIpc) is 2.66. The van der Waals surface area contributed by atoms with E-state index in [0.717, 1.165) is 36.2 Å². The van der Waals surface area contributed by atoms with Gasteiger partial charge in [-0.1, -0.05) is 44.7 Å². The molecule has 0 aliphatic rings. The van der Waals surface area contributed by atoms with E-state index in [4.69, 9.17) is 4.74 Å². The van der Waals surface area contributed by atoms with Crippen LogP contribution in [0.3, 0.4) is 0 Å². The molecule has 0 atom stereocenters. The van der Waals surface area contributed by atoms with E-state index in [1.54, 1.807) is 0 Å². The first-order chi connectivity index (χ1) is 12.6. The molecule has 0 saturated heterocycles. The van der Waals surface area contributed by atoms with Gasteiger partial charge in [0.1, 0.15) is 0 Å². The first-order valence-corrected chi connectivity index (χ1v) is 9.30. The van der Waals surface area contributed by atoms with E-state index >= 15 is 0 Å². The van der Waals surface area contributed by atoms with Crippen LogP contribution < -0.4 is 5.32 Å². The molecule has 5 nitrogen and oxygen atoms in total. The number of ether oxygens (including phenoxy) is 2. The summed E-state index contributed by atoms with van der Waals surface area (Å²) in [7, 11) is 2.78. The van der Waals surface area contributed by atoms with Crippen LogP contribution in [0.1, 0.15) is 57.4 Å². The fraction of sp³-hybridized carbons (Fsp3) is 0.524. The summed E-state index contributed by atoms with van der Waals surface area (Å²) in [6.45, 7) is 2.19. The fourth-order valence-corrected chi connectivity index (χ4v) is 2.58. The predicted octanol–water partition coefficient (Wildman–Crippen LogP) is 4.62. The lowest BCUT2D eigenvalue weighted by molar-refractivity contribution is -0.140. The van der Waals surface area contributed by atoms with Crippen LogP contribution in [0.4, 0.5) is 5.69 Å². The zero-order valence-electron chi connectivity index (χ0n) is 16.2. The van der Waals surface area contributed by atoms with Crippen LogP contribution in [-0.2, 0) is 25.5 Å². The number of nitrogens with one attached hydrogen (secondary N) is 1. The number of aryl methyl sites for hydroxylation is 1. The Hall–Kier alpha value is -2.30. The third-order valence-corrected chi connectivity index (χ3v) is 4.15. The van der Waals surface area contributed by atoms with Gasteiger partial charge in [0.15, 0.2) is 0 Å². The molecule has 0 aliphatic carbocycles. The van der Waals surface area contributed by atoms with Crippen molar-refractivity contribution >= 4 is 17.6 Å². The lowest BCUT2D eigenvalue weighted by Gasteiger charge is -2.12. The van der Waals surface area contributed by atoms with E-state index in [9.17, 15) is 9.59 Å². The maximum absolute atomic E-state index is 11.6.